The van der Waals surface area contributed by atoms with Gasteiger partial charge in [0.15, 0.2) is 0 Å². The van der Waals surface area contributed by atoms with Crippen LogP contribution < -0.4 is 5.32 Å². The van der Waals surface area contributed by atoms with Crippen LogP contribution in [0, 0.1) is 6.92 Å². The van der Waals surface area contributed by atoms with E-state index in [0.29, 0.717) is 5.82 Å². The molecule has 0 saturated heterocycles. The Kier molecular flexibility index (Phi) is 4.52. The van der Waals surface area contributed by atoms with E-state index in [4.69, 9.17) is 0 Å². The first-order chi connectivity index (χ1) is 8.74. The summed E-state index contributed by atoms with van der Waals surface area (Å²) >= 11 is 0. The van der Waals surface area contributed by atoms with Crippen LogP contribution in [0.3, 0.4) is 0 Å². The molecule has 9 heteroatoms. The second-order valence-corrected chi connectivity index (χ2v) is 3.66. The highest BCUT2D eigenvalue weighted by molar-refractivity contribution is 5.88. The van der Waals surface area contributed by atoms with Gasteiger partial charge < -0.3 is 14.6 Å². The average Bonchev–Trinajstić information content (AvgIpc) is 2.67. The van der Waals surface area contributed by atoms with E-state index >= 15 is 0 Å². The number of carbonyl (C=O) groups excluding carboxylic acids is 2. The minimum Gasteiger partial charge on any atom is -0.464 e. The summed E-state index contributed by atoms with van der Waals surface area (Å²) in [5.74, 6) is -1.27. The second-order valence-electron chi connectivity index (χ2n) is 3.66. The topological polar surface area (TPSA) is 73.2 Å². The second kappa shape index (κ2) is 5.72. The highest BCUT2D eigenvalue weighted by Crippen LogP contribution is 2.12. The van der Waals surface area contributed by atoms with E-state index in [-0.39, 0.29) is 5.69 Å². The summed E-state index contributed by atoms with van der Waals surface area (Å²) in [5.41, 5.74) is 0.00200. The van der Waals surface area contributed by atoms with E-state index in [0.717, 1.165) is 7.11 Å². The maximum absolute atomic E-state index is 11.9. The van der Waals surface area contributed by atoms with Gasteiger partial charge in [0.2, 0.25) is 5.91 Å². The number of methoxy groups -OCH3 is 1. The summed E-state index contributed by atoms with van der Waals surface area (Å²) in [6, 6.07) is 0. The Morgan fingerprint density at radius 1 is 1.47 bits per heavy atom. The summed E-state index contributed by atoms with van der Waals surface area (Å²) in [7, 11) is 1.15. The Hall–Kier alpha value is -2.06. The van der Waals surface area contributed by atoms with Gasteiger partial charge in [0, 0.05) is 0 Å². The Morgan fingerprint density at radius 2 is 2.11 bits per heavy atom. The van der Waals surface area contributed by atoms with Crippen molar-refractivity contribution in [3.8, 4) is 0 Å². The van der Waals surface area contributed by atoms with E-state index in [2.05, 4.69) is 9.72 Å². The molecule has 0 radical (unpaired) electrons. The van der Waals surface area contributed by atoms with E-state index in [1.54, 1.807) is 5.32 Å². The molecule has 0 saturated carbocycles. The van der Waals surface area contributed by atoms with Crippen molar-refractivity contribution in [1.82, 2.24) is 14.9 Å². The lowest BCUT2D eigenvalue weighted by atomic mass is 10.4. The fourth-order valence-corrected chi connectivity index (χ4v) is 1.33. The Balaban J connectivity index is 2.74. The van der Waals surface area contributed by atoms with Crippen LogP contribution in [-0.4, -0.2) is 41.3 Å². The molecule has 19 heavy (non-hydrogen) atoms. The normalized spacial score (nSPS) is 11.2. The highest BCUT2D eigenvalue weighted by atomic mass is 19.4. The Morgan fingerprint density at radius 3 is 2.63 bits per heavy atom. The molecule has 0 atom stereocenters. The van der Waals surface area contributed by atoms with Crippen LogP contribution in [-0.2, 0) is 16.1 Å². The highest BCUT2D eigenvalue weighted by Gasteiger charge is 2.28. The number of carbonyl (C=O) groups is 2. The molecule has 0 bridgehead atoms. The molecule has 1 aromatic heterocycles. The van der Waals surface area contributed by atoms with Crippen LogP contribution in [0.5, 0.6) is 0 Å². The lowest BCUT2D eigenvalue weighted by molar-refractivity contribution is -0.138. The third-order valence-corrected chi connectivity index (χ3v) is 2.24. The van der Waals surface area contributed by atoms with Crippen LogP contribution >= 0.6 is 0 Å². The molecule has 1 rings (SSSR count). The number of halogens is 3. The zero-order valence-electron chi connectivity index (χ0n) is 10.2. The van der Waals surface area contributed by atoms with Crippen LogP contribution in [0.2, 0.25) is 0 Å². The van der Waals surface area contributed by atoms with Crippen molar-refractivity contribution in [3.05, 3.63) is 17.7 Å². The van der Waals surface area contributed by atoms with Gasteiger partial charge in [-0.05, 0) is 6.92 Å². The van der Waals surface area contributed by atoms with Gasteiger partial charge in [-0.15, -0.1) is 0 Å². The molecule has 0 aliphatic carbocycles. The standard InChI is InChI=1S/C10H12F3N3O3/c1-6-14-3-7(9(18)19-2)16(6)4-8(17)15-5-10(11,12)13/h3H,4-5H2,1-2H3,(H,15,17). The molecular weight excluding hydrogens is 267 g/mol. The molecule has 1 amide bonds. The summed E-state index contributed by atoms with van der Waals surface area (Å²) in [6.07, 6.45) is -3.29. The fourth-order valence-electron chi connectivity index (χ4n) is 1.33. The number of rotatable bonds is 4. The predicted octanol–water partition coefficient (Wildman–Crippen LogP) is 0.657. The minimum atomic E-state index is -4.48. The molecule has 1 heterocycles. The van der Waals surface area contributed by atoms with E-state index in [9.17, 15) is 22.8 Å². The molecule has 106 valence electrons. The van der Waals surface area contributed by atoms with E-state index < -0.39 is 31.1 Å². The lowest BCUT2D eigenvalue weighted by Crippen LogP contribution is -2.36. The molecule has 1 aromatic rings. The maximum atomic E-state index is 11.9. The number of nitrogens with zero attached hydrogens (tertiary/aromatic N) is 2. The van der Waals surface area contributed by atoms with E-state index in [1.165, 1.54) is 17.7 Å². The summed E-state index contributed by atoms with van der Waals surface area (Å²) in [4.78, 5) is 26.5. The van der Waals surface area contributed by atoms with Gasteiger partial charge in [0.05, 0.1) is 13.3 Å². The fraction of sp³-hybridized carbons (Fsp3) is 0.500. The largest absolute Gasteiger partial charge is 0.464 e. The number of amides is 1. The van der Waals surface area contributed by atoms with Gasteiger partial charge in [-0.1, -0.05) is 0 Å². The van der Waals surface area contributed by atoms with Crippen molar-refractivity contribution in [2.45, 2.75) is 19.6 Å². The van der Waals surface area contributed by atoms with E-state index in [1.807, 2.05) is 0 Å². The third kappa shape index (κ3) is 4.27. The Labute approximate surface area is 106 Å². The summed E-state index contributed by atoms with van der Waals surface area (Å²) < 4.78 is 41.4. The number of alkyl halides is 3. The molecule has 0 aliphatic heterocycles. The minimum absolute atomic E-state index is 0.00200. The first-order valence-electron chi connectivity index (χ1n) is 5.18. The monoisotopic (exact) mass is 279 g/mol. The molecule has 0 spiro atoms. The van der Waals surface area contributed by atoms with Gasteiger partial charge >= 0.3 is 12.1 Å². The Bertz CT molecular complexity index is 482. The number of ether oxygens (including phenoxy) is 1. The first kappa shape index (κ1) is 15.0. The molecule has 0 aliphatic rings. The SMILES string of the molecule is COC(=O)c1cnc(C)n1CC(=O)NCC(F)(F)F. The van der Waals surface area contributed by atoms with Gasteiger partial charge in [0.1, 0.15) is 24.6 Å². The van der Waals surface area contributed by atoms with Crippen molar-refractivity contribution >= 4 is 11.9 Å². The number of esters is 1. The van der Waals surface area contributed by atoms with Crippen LogP contribution in [0.4, 0.5) is 13.2 Å². The third-order valence-electron chi connectivity index (χ3n) is 2.24. The van der Waals surface area contributed by atoms with Gasteiger partial charge in [-0.25, -0.2) is 9.78 Å². The smallest absolute Gasteiger partial charge is 0.405 e. The lowest BCUT2D eigenvalue weighted by Gasteiger charge is -2.11. The number of aryl methyl sites for hydroxylation is 1. The number of nitrogens with one attached hydrogen (secondary N) is 1. The van der Waals surface area contributed by atoms with Gasteiger partial charge in [-0.3, -0.25) is 4.79 Å². The van der Waals surface area contributed by atoms with Crippen molar-refractivity contribution in [2.24, 2.45) is 0 Å². The maximum Gasteiger partial charge on any atom is 0.405 e. The number of imidazole rings is 1. The van der Waals surface area contributed by atoms with Crippen molar-refractivity contribution in [3.63, 3.8) is 0 Å². The molecule has 1 N–H and O–H groups in total. The molecule has 0 aromatic carbocycles. The van der Waals surface area contributed by atoms with Gasteiger partial charge in [-0.2, -0.15) is 13.2 Å². The van der Waals surface area contributed by atoms with Crippen molar-refractivity contribution in [2.75, 3.05) is 13.7 Å². The summed E-state index contributed by atoms with van der Waals surface area (Å²) in [5, 5.41) is 1.71. The molecule has 0 unspecified atom stereocenters. The van der Waals surface area contributed by atoms with Crippen LogP contribution in [0.15, 0.2) is 6.20 Å². The first-order valence-corrected chi connectivity index (χ1v) is 5.18. The van der Waals surface area contributed by atoms with Crippen molar-refractivity contribution < 1.29 is 27.5 Å². The number of hydrogen-bond acceptors (Lipinski definition) is 4. The zero-order valence-corrected chi connectivity index (χ0v) is 10.2. The summed E-state index contributed by atoms with van der Waals surface area (Å²) in [6.45, 7) is -0.344. The van der Waals surface area contributed by atoms with Crippen molar-refractivity contribution in [1.29, 1.82) is 0 Å². The number of aromatic nitrogens is 2. The molecule has 6 nitrogen and oxygen atoms in total. The number of hydrogen-bond donors (Lipinski definition) is 1. The average molecular weight is 279 g/mol. The zero-order chi connectivity index (χ0) is 14.6. The molecule has 0 fully saturated rings. The quantitative estimate of drug-likeness (QED) is 0.822. The van der Waals surface area contributed by atoms with Gasteiger partial charge in [0.25, 0.3) is 0 Å². The predicted molar refractivity (Wildman–Crippen MR) is 57.4 cm³/mol. The van der Waals surface area contributed by atoms with Crippen LogP contribution in [0.25, 0.3) is 0 Å². The van der Waals surface area contributed by atoms with Crippen LogP contribution in [0.1, 0.15) is 16.3 Å². The molecular formula is C10H12F3N3O3.